The molecule has 27 heavy (non-hydrogen) atoms. The normalized spacial score (nSPS) is 10.3. The van der Waals surface area contributed by atoms with Gasteiger partial charge in [-0.05, 0) is 42.5 Å². The van der Waals surface area contributed by atoms with E-state index in [1.165, 1.54) is 30.6 Å². The van der Waals surface area contributed by atoms with Crippen molar-refractivity contribution in [1.29, 1.82) is 0 Å². The van der Waals surface area contributed by atoms with E-state index < -0.39 is 5.82 Å². The molecule has 1 amide bonds. The number of anilines is 1. The molecule has 3 rings (SSSR count). The highest BCUT2D eigenvalue weighted by Gasteiger charge is 2.12. The Morgan fingerprint density at radius 2 is 2.07 bits per heavy atom. The largest absolute Gasteiger partial charge is 0.494 e. The Kier molecular flexibility index (Phi) is 5.83. The Balaban J connectivity index is 1.69. The van der Waals surface area contributed by atoms with Crippen molar-refractivity contribution in [3.8, 4) is 22.8 Å². The molecule has 0 aliphatic rings. The number of hydrogen-bond donors (Lipinski definition) is 1. The van der Waals surface area contributed by atoms with Crippen molar-refractivity contribution in [1.82, 2.24) is 4.98 Å². The van der Waals surface area contributed by atoms with Crippen LogP contribution in [0.2, 0.25) is 0 Å². The summed E-state index contributed by atoms with van der Waals surface area (Å²) in [6, 6.07) is 11.4. The number of carbonyl (C=O) groups excluding carboxylic acids is 1. The zero-order valence-electron chi connectivity index (χ0n) is 14.6. The monoisotopic (exact) mass is 384 g/mol. The molecule has 0 aliphatic heterocycles. The van der Waals surface area contributed by atoms with E-state index in [0.717, 1.165) is 0 Å². The number of carbonyl (C=O) groups is 1. The van der Waals surface area contributed by atoms with Gasteiger partial charge in [-0.2, -0.15) is 0 Å². The van der Waals surface area contributed by atoms with Crippen molar-refractivity contribution in [2.24, 2.45) is 0 Å². The molecule has 1 N–H and O–H groups in total. The van der Waals surface area contributed by atoms with Gasteiger partial charge in [0.25, 0.3) is 5.91 Å². The standard InChI is InChI=1S/C20H17FN2O3S/c1-3-10-26-15-7-4-13(5-8-15)19(24)23-20-22-17(12-27-20)14-6-9-18(25-2)16(21)11-14/h3-9,11-12H,1,10H2,2H3,(H,22,23,24). The third-order valence-corrected chi connectivity index (χ3v) is 4.41. The van der Waals surface area contributed by atoms with E-state index in [9.17, 15) is 9.18 Å². The number of ether oxygens (including phenoxy) is 2. The highest BCUT2D eigenvalue weighted by Crippen LogP contribution is 2.28. The first-order chi connectivity index (χ1) is 13.1. The Morgan fingerprint density at radius 3 is 2.74 bits per heavy atom. The summed E-state index contributed by atoms with van der Waals surface area (Å²) < 4.78 is 24.1. The number of nitrogens with one attached hydrogen (secondary N) is 1. The molecule has 0 aliphatic carbocycles. The first-order valence-electron chi connectivity index (χ1n) is 8.05. The van der Waals surface area contributed by atoms with Crippen LogP contribution in [0.15, 0.2) is 60.5 Å². The fourth-order valence-corrected chi connectivity index (χ4v) is 3.03. The number of rotatable bonds is 7. The van der Waals surface area contributed by atoms with E-state index >= 15 is 0 Å². The number of thiazole rings is 1. The first-order valence-corrected chi connectivity index (χ1v) is 8.93. The Bertz CT molecular complexity index is 954. The van der Waals surface area contributed by atoms with Crippen molar-refractivity contribution < 1.29 is 18.7 Å². The maximum atomic E-state index is 13.8. The van der Waals surface area contributed by atoms with Crippen LogP contribution in [0.1, 0.15) is 10.4 Å². The van der Waals surface area contributed by atoms with E-state index in [-0.39, 0.29) is 11.7 Å². The second kappa shape index (κ2) is 8.46. The van der Waals surface area contributed by atoms with Gasteiger partial charge in [0.15, 0.2) is 16.7 Å². The molecular weight excluding hydrogens is 367 g/mol. The van der Waals surface area contributed by atoms with Gasteiger partial charge in [-0.15, -0.1) is 11.3 Å². The number of aromatic nitrogens is 1. The lowest BCUT2D eigenvalue weighted by Crippen LogP contribution is -2.11. The van der Waals surface area contributed by atoms with Gasteiger partial charge in [-0.1, -0.05) is 12.7 Å². The number of methoxy groups -OCH3 is 1. The number of amides is 1. The summed E-state index contributed by atoms with van der Waals surface area (Å²) in [5, 5.41) is 4.92. The molecule has 0 unspecified atom stereocenters. The minimum absolute atomic E-state index is 0.169. The average molecular weight is 384 g/mol. The highest BCUT2D eigenvalue weighted by molar-refractivity contribution is 7.14. The van der Waals surface area contributed by atoms with Crippen LogP contribution in [0.3, 0.4) is 0 Å². The zero-order chi connectivity index (χ0) is 19.2. The maximum absolute atomic E-state index is 13.8. The molecule has 0 saturated heterocycles. The summed E-state index contributed by atoms with van der Waals surface area (Å²) in [5.41, 5.74) is 1.66. The molecule has 0 radical (unpaired) electrons. The predicted molar refractivity (Wildman–Crippen MR) is 104 cm³/mol. The molecule has 0 atom stereocenters. The topological polar surface area (TPSA) is 60.5 Å². The molecule has 0 spiro atoms. The zero-order valence-corrected chi connectivity index (χ0v) is 15.4. The minimum Gasteiger partial charge on any atom is -0.494 e. The predicted octanol–water partition coefficient (Wildman–Crippen LogP) is 4.77. The fraction of sp³-hybridized carbons (Fsp3) is 0.100. The van der Waals surface area contributed by atoms with E-state index in [1.54, 1.807) is 41.8 Å². The number of nitrogens with zero attached hydrogens (tertiary/aromatic N) is 1. The number of halogens is 1. The van der Waals surface area contributed by atoms with Gasteiger partial charge in [0.05, 0.1) is 12.8 Å². The van der Waals surface area contributed by atoms with Crippen molar-refractivity contribution in [2.75, 3.05) is 19.0 Å². The summed E-state index contributed by atoms with van der Waals surface area (Å²) in [4.78, 5) is 16.7. The van der Waals surface area contributed by atoms with Gasteiger partial charge in [0.1, 0.15) is 12.4 Å². The van der Waals surface area contributed by atoms with Gasteiger partial charge in [-0.25, -0.2) is 9.37 Å². The fourth-order valence-electron chi connectivity index (χ4n) is 2.32. The molecule has 7 heteroatoms. The second-order valence-corrected chi connectivity index (χ2v) is 6.32. The molecule has 138 valence electrons. The molecule has 0 bridgehead atoms. The summed E-state index contributed by atoms with van der Waals surface area (Å²) in [6.45, 7) is 3.99. The average Bonchev–Trinajstić information content (AvgIpc) is 3.15. The van der Waals surface area contributed by atoms with Gasteiger partial charge in [0, 0.05) is 16.5 Å². The second-order valence-electron chi connectivity index (χ2n) is 5.47. The van der Waals surface area contributed by atoms with Crippen LogP contribution < -0.4 is 14.8 Å². The molecule has 1 heterocycles. The lowest BCUT2D eigenvalue weighted by Gasteiger charge is -2.05. The highest BCUT2D eigenvalue weighted by atomic mass is 32.1. The maximum Gasteiger partial charge on any atom is 0.257 e. The molecule has 0 saturated carbocycles. The van der Waals surface area contributed by atoms with Gasteiger partial charge in [-0.3, -0.25) is 10.1 Å². The number of benzene rings is 2. The lowest BCUT2D eigenvalue weighted by molar-refractivity contribution is 0.102. The van der Waals surface area contributed by atoms with E-state index in [1.807, 2.05) is 0 Å². The molecule has 1 aromatic heterocycles. The Labute approximate surface area is 160 Å². The first kappa shape index (κ1) is 18.6. The molecular formula is C20H17FN2O3S. The van der Waals surface area contributed by atoms with Crippen molar-refractivity contribution in [3.63, 3.8) is 0 Å². The Morgan fingerprint density at radius 1 is 1.30 bits per heavy atom. The summed E-state index contributed by atoms with van der Waals surface area (Å²) >= 11 is 1.26. The molecule has 3 aromatic rings. The van der Waals surface area contributed by atoms with Crippen molar-refractivity contribution >= 4 is 22.4 Å². The third kappa shape index (κ3) is 4.51. The van der Waals surface area contributed by atoms with Gasteiger partial charge >= 0.3 is 0 Å². The van der Waals surface area contributed by atoms with Crippen LogP contribution in [0.5, 0.6) is 11.5 Å². The van der Waals surface area contributed by atoms with Gasteiger partial charge < -0.3 is 9.47 Å². The van der Waals surface area contributed by atoms with Gasteiger partial charge in [0.2, 0.25) is 0 Å². The van der Waals surface area contributed by atoms with Crippen LogP contribution >= 0.6 is 11.3 Å². The van der Waals surface area contributed by atoms with Crippen molar-refractivity contribution in [3.05, 3.63) is 71.9 Å². The molecule has 2 aromatic carbocycles. The SMILES string of the molecule is C=CCOc1ccc(C(=O)Nc2nc(-c3ccc(OC)c(F)c3)cs2)cc1. The third-order valence-electron chi connectivity index (χ3n) is 3.66. The lowest BCUT2D eigenvalue weighted by atomic mass is 10.1. The van der Waals surface area contributed by atoms with Crippen LogP contribution in [0.25, 0.3) is 11.3 Å². The van der Waals surface area contributed by atoms with E-state index in [0.29, 0.717) is 34.3 Å². The number of hydrogen-bond acceptors (Lipinski definition) is 5. The van der Waals surface area contributed by atoms with Crippen LogP contribution in [-0.2, 0) is 0 Å². The quantitative estimate of drug-likeness (QED) is 0.596. The van der Waals surface area contributed by atoms with Crippen LogP contribution in [0, 0.1) is 5.82 Å². The van der Waals surface area contributed by atoms with E-state index in [4.69, 9.17) is 9.47 Å². The minimum atomic E-state index is -0.465. The summed E-state index contributed by atoms with van der Waals surface area (Å²) in [7, 11) is 1.41. The van der Waals surface area contributed by atoms with Crippen molar-refractivity contribution in [2.45, 2.75) is 0 Å². The smallest absolute Gasteiger partial charge is 0.257 e. The molecule has 0 fully saturated rings. The van der Waals surface area contributed by atoms with Crippen LogP contribution in [-0.4, -0.2) is 24.6 Å². The molecule has 5 nitrogen and oxygen atoms in total. The Hall–Kier alpha value is -3.19. The van der Waals surface area contributed by atoms with E-state index in [2.05, 4.69) is 16.9 Å². The summed E-state index contributed by atoms with van der Waals surface area (Å²) in [6.07, 6.45) is 1.65. The summed E-state index contributed by atoms with van der Waals surface area (Å²) in [5.74, 6) is 0.0759. The van der Waals surface area contributed by atoms with Crippen LogP contribution in [0.4, 0.5) is 9.52 Å².